The summed E-state index contributed by atoms with van der Waals surface area (Å²) in [5.74, 6) is -2.44. The Hall–Kier alpha value is -2.41. The normalized spacial score (nSPS) is 19.9. The second-order valence-electron chi connectivity index (χ2n) is 11.6. The molecule has 3 rings (SSSR count). The molecular weight excluding hydrogens is 546 g/mol. The molecule has 1 aliphatic rings. The molecular formula is C28H37BF3NO6S. The highest BCUT2D eigenvalue weighted by Crippen LogP contribution is 2.48. The van der Waals surface area contributed by atoms with Gasteiger partial charge < -0.3 is 18.8 Å². The van der Waals surface area contributed by atoms with Gasteiger partial charge in [-0.3, -0.25) is 9.10 Å². The second kappa shape index (κ2) is 11.1. The topological polar surface area (TPSA) is 74.3 Å². The van der Waals surface area contributed by atoms with Crippen LogP contribution in [-0.2, 0) is 35.4 Å². The molecule has 0 aliphatic carbocycles. The number of halogens is 3. The predicted octanol–water partition coefficient (Wildman–Crippen LogP) is 5.76. The van der Waals surface area contributed by atoms with E-state index in [4.69, 9.17) is 18.8 Å². The van der Waals surface area contributed by atoms with E-state index in [-0.39, 0.29) is 0 Å². The number of benzene rings is 2. The van der Waals surface area contributed by atoms with Gasteiger partial charge in [0.1, 0.15) is 22.7 Å². The smallest absolute Gasteiger partial charge is 0.488 e. The van der Waals surface area contributed by atoms with E-state index in [9.17, 15) is 9.00 Å². The highest BCUT2D eigenvalue weighted by Gasteiger charge is 2.67. The van der Waals surface area contributed by atoms with Crippen LogP contribution in [0.5, 0.6) is 5.75 Å². The van der Waals surface area contributed by atoms with Crippen LogP contribution in [0.4, 0.5) is 13.2 Å². The van der Waals surface area contributed by atoms with Crippen LogP contribution in [0.25, 0.3) is 0 Å². The summed E-state index contributed by atoms with van der Waals surface area (Å²) in [7, 11) is -1.32. The van der Waals surface area contributed by atoms with E-state index in [1.807, 2.05) is 0 Å². The van der Waals surface area contributed by atoms with E-state index in [1.165, 1.54) is 25.3 Å². The molecule has 1 saturated heterocycles. The third-order valence-corrected chi connectivity index (χ3v) is 9.13. The lowest BCUT2D eigenvalue weighted by Gasteiger charge is -2.42. The molecule has 1 fully saturated rings. The number of carbonyl (C=O) groups excluding carboxylic acids is 1. The van der Waals surface area contributed by atoms with Crippen LogP contribution in [0.1, 0.15) is 65.5 Å². The molecule has 0 saturated carbocycles. The molecule has 3 atom stereocenters. The number of alkyl halides is 3. The van der Waals surface area contributed by atoms with Crippen molar-refractivity contribution in [2.75, 3.05) is 14.2 Å². The van der Waals surface area contributed by atoms with Crippen molar-refractivity contribution in [3.05, 3.63) is 65.7 Å². The average molecular weight is 583 g/mol. The van der Waals surface area contributed by atoms with Gasteiger partial charge in [0.2, 0.25) is 0 Å². The Morgan fingerprint density at radius 2 is 1.43 bits per heavy atom. The zero-order valence-corrected chi connectivity index (χ0v) is 25.1. The highest BCUT2D eigenvalue weighted by atomic mass is 32.2. The Morgan fingerprint density at radius 3 is 1.82 bits per heavy atom. The molecule has 2 aromatic carbocycles. The highest BCUT2D eigenvalue weighted by molar-refractivity contribution is 7.84. The maximum atomic E-state index is 15.1. The quantitative estimate of drug-likeness (QED) is 0.368. The number of ether oxygens (including phenoxy) is 2. The predicted molar refractivity (Wildman–Crippen MR) is 148 cm³/mol. The van der Waals surface area contributed by atoms with E-state index in [2.05, 4.69) is 0 Å². The number of hydrogen-bond donors (Lipinski definition) is 0. The third-order valence-electron chi connectivity index (χ3n) is 7.33. The molecule has 0 radical (unpaired) electrons. The Bertz CT molecular complexity index is 1200. The molecule has 7 nitrogen and oxygen atoms in total. The largest absolute Gasteiger partial charge is 0.497 e. The van der Waals surface area contributed by atoms with Crippen LogP contribution < -0.4 is 4.74 Å². The second-order valence-corrected chi connectivity index (χ2v) is 13.7. The summed E-state index contributed by atoms with van der Waals surface area (Å²) in [6, 6.07) is 13.0. The standard InChI is InChI=1S/C28H37BF3NO6S/c1-24(2,3)40(35)33(23(34)27(37-9,28(30,31)32)20-13-11-10-12-14-20)22(19-15-17-21(36-8)18-16-19)29-38-25(4,5)26(6,7)39-29/h10-18,22H,1-9H3/t22-,27+,40+/m0/s1. The van der Waals surface area contributed by atoms with E-state index < -0.39 is 63.2 Å². The first-order chi connectivity index (χ1) is 18.3. The van der Waals surface area contributed by atoms with Crippen molar-refractivity contribution in [2.45, 2.75) is 82.1 Å². The minimum Gasteiger partial charge on any atom is -0.497 e. The summed E-state index contributed by atoms with van der Waals surface area (Å²) < 4.78 is 81.9. The van der Waals surface area contributed by atoms with Gasteiger partial charge in [-0.05, 0) is 66.2 Å². The Kier molecular flexibility index (Phi) is 8.92. The molecule has 0 N–H and O–H groups in total. The van der Waals surface area contributed by atoms with Gasteiger partial charge >= 0.3 is 13.3 Å². The Balaban J connectivity index is 2.36. The van der Waals surface area contributed by atoms with Crippen molar-refractivity contribution in [1.82, 2.24) is 4.31 Å². The molecule has 220 valence electrons. The molecule has 1 amide bonds. The van der Waals surface area contributed by atoms with Crippen molar-refractivity contribution in [1.29, 1.82) is 0 Å². The summed E-state index contributed by atoms with van der Waals surface area (Å²) in [4.78, 5) is 14.5. The first kappa shape index (κ1) is 32.1. The van der Waals surface area contributed by atoms with Crippen LogP contribution in [0.2, 0.25) is 0 Å². The van der Waals surface area contributed by atoms with Crippen molar-refractivity contribution in [2.24, 2.45) is 0 Å². The maximum absolute atomic E-state index is 15.1. The SMILES string of the molecule is COc1ccc([C@@H](B2OC(C)(C)C(C)(C)O2)N(C(=O)[C@](OC)(c2ccccc2)C(F)(F)F)[S@](=O)C(C)(C)C)cc1. The fraction of sp³-hybridized carbons (Fsp3) is 0.536. The molecule has 0 aromatic heterocycles. The van der Waals surface area contributed by atoms with Gasteiger partial charge in [0.25, 0.3) is 11.5 Å². The Morgan fingerprint density at radius 1 is 0.925 bits per heavy atom. The van der Waals surface area contributed by atoms with Crippen molar-refractivity contribution in [3.63, 3.8) is 0 Å². The van der Waals surface area contributed by atoms with Crippen LogP contribution in [0, 0.1) is 0 Å². The van der Waals surface area contributed by atoms with Crippen LogP contribution in [0.3, 0.4) is 0 Å². The van der Waals surface area contributed by atoms with Crippen LogP contribution in [0.15, 0.2) is 54.6 Å². The van der Waals surface area contributed by atoms with E-state index in [0.29, 0.717) is 15.6 Å². The summed E-state index contributed by atoms with van der Waals surface area (Å²) in [6.45, 7) is 11.8. The van der Waals surface area contributed by atoms with Gasteiger partial charge in [0.15, 0.2) is 0 Å². The van der Waals surface area contributed by atoms with Gasteiger partial charge in [0.05, 0.1) is 23.1 Å². The van der Waals surface area contributed by atoms with Gasteiger partial charge in [0, 0.05) is 12.7 Å². The zero-order valence-electron chi connectivity index (χ0n) is 24.3. The monoisotopic (exact) mass is 583 g/mol. The summed E-state index contributed by atoms with van der Waals surface area (Å²) >= 11 is 0. The Labute approximate surface area is 237 Å². The van der Waals surface area contributed by atoms with Gasteiger partial charge in [-0.1, -0.05) is 42.5 Å². The minimum absolute atomic E-state index is 0.338. The molecule has 1 aliphatic heterocycles. The molecule has 12 heteroatoms. The van der Waals surface area contributed by atoms with Gasteiger partial charge in [-0.25, -0.2) is 4.21 Å². The third kappa shape index (κ3) is 5.68. The molecule has 0 unspecified atom stereocenters. The fourth-order valence-electron chi connectivity index (χ4n) is 4.38. The first-order valence-electron chi connectivity index (χ1n) is 12.8. The minimum atomic E-state index is -5.22. The van der Waals surface area contributed by atoms with Crippen molar-refractivity contribution < 1.29 is 41.0 Å². The number of amides is 1. The fourth-order valence-corrected chi connectivity index (χ4v) is 5.68. The lowest BCUT2D eigenvalue weighted by Crippen LogP contribution is -2.61. The zero-order chi connectivity index (χ0) is 30.3. The number of carbonyl (C=O) groups is 1. The molecule has 40 heavy (non-hydrogen) atoms. The summed E-state index contributed by atoms with van der Waals surface area (Å²) in [6.07, 6.45) is -5.22. The number of hydrogen-bond acceptors (Lipinski definition) is 6. The number of rotatable bonds is 8. The number of methoxy groups -OCH3 is 2. The van der Waals surface area contributed by atoms with Crippen LogP contribution >= 0.6 is 0 Å². The molecule has 0 bridgehead atoms. The maximum Gasteiger partial charge on any atom is 0.488 e. The lowest BCUT2D eigenvalue weighted by molar-refractivity contribution is -0.268. The van der Waals surface area contributed by atoms with Crippen LogP contribution in [-0.4, -0.2) is 57.9 Å². The van der Waals surface area contributed by atoms with E-state index >= 15 is 13.2 Å². The summed E-state index contributed by atoms with van der Waals surface area (Å²) in [5.41, 5.74) is -5.38. The summed E-state index contributed by atoms with van der Waals surface area (Å²) in [5, 5.41) is 0. The van der Waals surface area contributed by atoms with E-state index in [1.54, 1.807) is 72.7 Å². The number of nitrogens with zero attached hydrogens (tertiary/aromatic N) is 1. The average Bonchev–Trinajstić information content (AvgIpc) is 3.08. The van der Waals surface area contributed by atoms with Gasteiger partial charge in [-0.2, -0.15) is 13.2 Å². The van der Waals surface area contributed by atoms with Crippen molar-refractivity contribution >= 4 is 24.0 Å². The van der Waals surface area contributed by atoms with E-state index in [0.717, 1.165) is 19.2 Å². The van der Waals surface area contributed by atoms with Gasteiger partial charge in [-0.15, -0.1) is 0 Å². The molecule has 1 heterocycles. The first-order valence-corrected chi connectivity index (χ1v) is 13.9. The molecule has 0 spiro atoms. The lowest BCUT2D eigenvalue weighted by atomic mass is 9.73. The van der Waals surface area contributed by atoms with Crippen molar-refractivity contribution in [3.8, 4) is 5.75 Å². The molecule has 2 aromatic rings.